The summed E-state index contributed by atoms with van der Waals surface area (Å²) in [7, 11) is 0. The van der Waals surface area contributed by atoms with Crippen molar-refractivity contribution in [3.8, 4) is 0 Å². The number of benzene rings is 2. The van der Waals surface area contributed by atoms with Crippen LogP contribution < -0.4 is 11.1 Å². The smallest absolute Gasteiger partial charge is 0.338 e. The summed E-state index contributed by atoms with van der Waals surface area (Å²) in [6, 6.07) is 14.0. The van der Waals surface area contributed by atoms with E-state index in [9.17, 15) is 9.59 Å². The molecule has 3 rings (SSSR count). The first-order chi connectivity index (χ1) is 12.0. The summed E-state index contributed by atoms with van der Waals surface area (Å²) in [4.78, 5) is 23.1. The van der Waals surface area contributed by atoms with Crippen molar-refractivity contribution >= 4 is 23.3 Å². The number of nitrogens with one attached hydrogen (secondary N) is 1. The summed E-state index contributed by atoms with van der Waals surface area (Å²) in [6.45, 7) is 0.417. The molecule has 0 spiro atoms. The van der Waals surface area contributed by atoms with Crippen molar-refractivity contribution in [2.24, 2.45) is 0 Å². The van der Waals surface area contributed by atoms with E-state index in [0.717, 1.165) is 5.56 Å². The van der Waals surface area contributed by atoms with Crippen molar-refractivity contribution < 1.29 is 14.7 Å². The van der Waals surface area contributed by atoms with Gasteiger partial charge in [-0.1, -0.05) is 24.3 Å². The number of hydrogen-bond acceptors (Lipinski definition) is 4. The molecule has 4 N–H and O–H groups in total. The molecule has 0 aliphatic carbocycles. The molecule has 0 bridgehead atoms. The Bertz CT molecular complexity index is 916. The van der Waals surface area contributed by atoms with Crippen LogP contribution in [0, 0.1) is 0 Å². The Morgan fingerprint density at radius 1 is 1.08 bits per heavy atom. The fourth-order valence-electron chi connectivity index (χ4n) is 2.31. The summed E-state index contributed by atoms with van der Waals surface area (Å²) >= 11 is 0. The molecule has 7 heteroatoms. The first-order valence-electron chi connectivity index (χ1n) is 7.53. The standard InChI is InChI=1S/C18H16N4O3/c19-15-3-1-2-4-16(15)21-17(23)13-7-5-12(6-8-13)10-22-11-14(9-20-22)18(24)25/h1-9,11H,10,19H2,(H,21,23)(H,24,25). The SMILES string of the molecule is Nc1ccccc1NC(=O)c1ccc(Cn2cc(C(=O)O)cn2)cc1. The highest BCUT2D eigenvalue weighted by Crippen LogP contribution is 2.18. The van der Waals surface area contributed by atoms with Crippen LogP contribution in [-0.2, 0) is 6.54 Å². The monoisotopic (exact) mass is 336 g/mol. The van der Waals surface area contributed by atoms with Crippen molar-refractivity contribution in [2.45, 2.75) is 6.54 Å². The second kappa shape index (κ2) is 6.88. The molecule has 1 amide bonds. The predicted octanol–water partition coefficient (Wildman–Crippen LogP) is 2.46. The molecule has 0 fully saturated rings. The zero-order valence-corrected chi connectivity index (χ0v) is 13.2. The molecule has 0 radical (unpaired) electrons. The molecule has 1 heterocycles. The van der Waals surface area contributed by atoms with Gasteiger partial charge >= 0.3 is 5.97 Å². The van der Waals surface area contributed by atoms with Crippen LogP contribution in [0.15, 0.2) is 60.9 Å². The number of carbonyl (C=O) groups is 2. The second-order valence-electron chi connectivity index (χ2n) is 5.47. The minimum Gasteiger partial charge on any atom is -0.478 e. The highest BCUT2D eigenvalue weighted by atomic mass is 16.4. The Morgan fingerprint density at radius 2 is 1.80 bits per heavy atom. The van der Waals surface area contributed by atoms with Crippen LogP contribution in [0.4, 0.5) is 11.4 Å². The summed E-state index contributed by atoms with van der Waals surface area (Å²) in [5.74, 6) is -1.27. The average molecular weight is 336 g/mol. The molecule has 0 atom stereocenters. The van der Waals surface area contributed by atoms with Crippen molar-refractivity contribution in [3.63, 3.8) is 0 Å². The summed E-state index contributed by atoms with van der Waals surface area (Å²) < 4.78 is 1.53. The second-order valence-corrected chi connectivity index (χ2v) is 5.47. The molecule has 0 aliphatic heterocycles. The van der Waals surface area contributed by atoms with Crippen LogP contribution in [0.1, 0.15) is 26.3 Å². The Labute approximate surface area is 143 Å². The topological polar surface area (TPSA) is 110 Å². The Hall–Kier alpha value is -3.61. The molecule has 0 aliphatic rings. The summed E-state index contributed by atoms with van der Waals surface area (Å²) in [5, 5.41) is 15.7. The maximum Gasteiger partial charge on any atom is 0.338 e. The predicted molar refractivity (Wildman–Crippen MR) is 93.5 cm³/mol. The van der Waals surface area contributed by atoms with Gasteiger partial charge in [-0.3, -0.25) is 9.48 Å². The van der Waals surface area contributed by atoms with E-state index in [2.05, 4.69) is 10.4 Å². The molecule has 25 heavy (non-hydrogen) atoms. The van der Waals surface area contributed by atoms with Gasteiger partial charge in [0, 0.05) is 11.8 Å². The third kappa shape index (κ3) is 3.84. The molecule has 126 valence electrons. The third-order valence-corrected chi connectivity index (χ3v) is 3.65. The number of anilines is 2. The maximum atomic E-state index is 12.3. The lowest BCUT2D eigenvalue weighted by atomic mass is 10.1. The zero-order chi connectivity index (χ0) is 17.8. The molecule has 7 nitrogen and oxygen atoms in total. The number of carbonyl (C=O) groups excluding carboxylic acids is 1. The quantitative estimate of drug-likeness (QED) is 0.620. The average Bonchev–Trinajstić information content (AvgIpc) is 3.06. The number of para-hydroxylation sites is 2. The third-order valence-electron chi connectivity index (χ3n) is 3.65. The van der Waals surface area contributed by atoms with E-state index >= 15 is 0 Å². The van der Waals surface area contributed by atoms with E-state index < -0.39 is 5.97 Å². The minimum absolute atomic E-state index is 0.136. The van der Waals surface area contributed by atoms with Crippen LogP contribution in [-0.4, -0.2) is 26.8 Å². The lowest BCUT2D eigenvalue weighted by Crippen LogP contribution is -2.13. The van der Waals surface area contributed by atoms with E-state index in [1.54, 1.807) is 48.5 Å². The molecule has 0 saturated heterocycles. The van der Waals surface area contributed by atoms with Crippen LogP contribution in [0.2, 0.25) is 0 Å². The van der Waals surface area contributed by atoms with E-state index in [1.807, 2.05) is 0 Å². The number of carboxylic acid groups (broad SMARTS) is 1. The number of nitrogens with zero attached hydrogens (tertiary/aromatic N) is 2. The van der Waals surface area contributed by atoms with Crippen LogP contribution >= 0.6 is 0 Å². The number of carboxylic acids is 1. The highest BCUT2D eigenvalue weighted by Gasteiger charge is 2.09. The largest absolute Gasteiger partial charge is 0.478 e. The molecule has 3 aromatic rings. The van der Waals surface area contributed by atoms with E-state index in [1.165, 1.54) is 17.1 Å². The minimum atomic E-state index is -1.02. The van der Waals surface area contributed by atoms with Gasteiger partial charge in [-0.25, -0.2) is 4.79 Å². The molecular weight excluding hydrogens is 320 g/mol. The Balaban J connectivity index is 1.68. The number of hydrogen-bond donors (Lipinski definition) is 3. The first kappa shape index (κ1) is 16.3. The van der Waals surface area contributed by atoms with Crippen LogP contribution in [0.5, 0.6) is 0 Å². The van der Waals surface area contributed by atoms with Gasteiger partial charge in [0.1, 0.15) is 0 Å². The lowest BCUT2D eigenvalue weighted by molar-refractivity contribution is 0.0696. The maximum absolute atomic E-state index is 12.3. The molecule has 0 unspecified atom stereocenters. The summed E-state index contributed by atoms with van der Waals surface area (Å²) in [6.07, 6.45) is 2.76. The van der Waals surface area contributed by atoms with Gasteiger partial charge in [-0.05, 0) is 29.8 Å². The van der Waals surface area contributed by atoms with Gasteiger partial charge in [0.05, 0.1) is 29.7 Å². The van der Waals surface area contributed by atoms with E-state index in [4.69, 9.17) is 10.8 Å². The van der Waals surface area contributed by atoms with E-state index in [0.29, 0.717) is 23.5 Å². The fraction of sp³-hybridized carbons (Fsp3) is 0.0556. The molecule has 1 aromatic heterocycles. The Morgan fingerprint density at radius 3 is 2.44 bits per heavy atom. The molecule has 0 saturated carbocycles. The number of aromatic carboxylic acids is 1. The van der Waals surface area contributed by atoms with Gasteiger partial charge in [-0.15, -0.1) is 0 Å². The van der Waals surface area contributed by atoms with Gasteiger partial charge in [0.15, 0.2) is 0 Å². The number of amides is 1. The zero-order valence-electron chi connectivity index (χ0n) is 13.2. The van der Waals surface area contributed by atoms with Crippen molar-refractivity contribution in [2.75, 3.05) is 11.1 Å². The van der Waals surface area contributed by atoms with E-state index in [-0.39, 0.29) is 11.5 Å². The summed E-state index contributed by atoms with van der Waals surface area (Å²) in [5.41, 5.74) is 8.41. The normalized spacial score (nSPS) is 10.4. The van der Waals surface area contributed by atoms with Gasteiger partial charge < -0.3 is 16.2 Å². The molecular formula is C18H16N4O3. The molecule has 2 aromatic carbocycles. The number of rotatable bonds is 5. The van der Waals surface area contributed by atoms with Gasteiger partial charge in [-0.2, -0.15) is 5.10 Å². The Kier molecular flexibility index (Phi) is 4.47. The van der Waals surface area contributed by atoms with Gasteiger partial charge in [0.25, 0.3) is 5.91 Å². The first-order valence-corrected chi connectivity index (χ1v) is 7.53. The van der Waals surface area contributed by atoms with Crippen molar-refractivity contribution in [3.05, 3.63) is 77.6 Å². The fourth-order valence-corrected chi connectivity index (χ4v) is 2.31. The highest BCUT2D eigenvalue weighted by molar-refractivity contribution is 6.05. The van der Waals surface area contributed by atoms with Crippen LogP contribution in [0.3, 0.4) is 0 Å². The van der Waals surface area contributed by atoms with Crippen molar-refractivity contribution in [1.82, 2.24) is 9.78 Å². The van der Waals surface area contributed by atoms with Crippen LogP contribution in [0.25, 0.3) is 0 Å². The van der Waals surface area contributed by atoms with Crippen molar-refractivity contribution in [1.29, 1.82) is 0 Å². The lowest BCUT2D eigenvalue weighted by Gasteiger charge is -2.08. The number of nitrogen functional groups attached to an aromatic ring is 1. The number of nitrogens with two attached hydrogens (primary N) is 1. The number of aromatic nitrogens is 2. The van der Waals surface area contributed by atoms with Gasteiger partial charge in [0.2, 0.25) is 0 Å².